The molecule has 7 rings (SSSR count). The monoisotopic (exact) mass is 593 g/mol. The van der Waals surface area contributed by atoms with Gasteiger partial charge in [-0.2, -0.15) is 5.26 Å². The van der Waals surface area contributed by atoms with Crippen LogP contribution in [0.2, 0.25) is 0 Å². The minimum Gasteiger partial charge on any atom is -0.493 e. The Labute approximate surface area is 257 Å². The lowest BCUT2D eigenvalue weighted by atomic mass is 9.78. The minimum absolute atomic E-state index is 0.0194. The van der Waals surface area contributed by atoms with Crippen LogP contribution in [0.25, 0.3) is 6.08 Å². The van der Waals surface area contributed by atoms with Crippen molar-refractivity contribution < 1.29 is 28.5 Å². The molecule has 0 aliphatic carbocycles. The van der Waals surface area contributed by atoms with Crippen LogP contribution in [0.5, 0.6) is 23.0 Å². The molecule has 3 aromatic carbocycles. The van der Waals surface area contributed by atoms with Gasteiger partial charge in [-0.1, -0.05) is 30.3 Å². The molecule has 0 spiro atoms. The molecule has 226 valence electrons. The number of aryl methyl sites for hydroxylation is 1. The van der Waals surface area contributed by atoms with E-state index in [1.165, 1.54) is 17.2 Å². The number of nitrogens with zero attached hydrogens (tertiary/aromatic N) is 3. The van der Waals surface area contributed by atoms with Gasteiger partial charge in [0.05, 0.1) is 32.4 Å². The number of methoxy groups -OCH3 is 2. The van der Waals surface area contributed by atoms with Crippen LogP contribution in [-0.2, 0) is 22.4 Å². The van der Waals surface area contributed by atoms with Gasteiger partial charge < -0.3 is 23.7 Å². The molecule has 5 atom stereocenters. The molecule has 0 radical (unpaired) electrons. The van der Waals surface area contributed by atoms with Crippen molar-refractivity contribution in [1.29, 1.82) is 5.26 Å². The SMILES string of the molecule is COc1cc2c(cc1OC)C(COC(=O)C=Cc1ccccc1)N1C(C#N)C3CCc4cc5c(cc4C(C1C2)N3C)OCO5. The van der Waals surface area contributed by atoms with Crippen molar-refractivity contribution in [2.45, 2.75) is 49.5 Å². The van der Waals surface area contributed by atoms with Crippen molar-refractivity contribution in [2.24, 2.45) is 0 Å². The van der Waals surface area contributed by atoms with E-state index in [1.54, 1.807) is 20.3 Å². The Morgan fingerprint density at radius 2 is 1.75 bits per heavy atom. The van der Waals surface area contributed by atoms with Crippen molar-refractivity contribution in [3.8, 4) is 29.1 Å². The molecular formula is C35H35N3O6. The van der Waals surface area contributed by atoms with Crippen LogP contribution in [0, 0.1) is 11.3 Å². The normalized spacial score (nSPS) is 25.3. The zero-order valence-electron chi connectivity index (χ0n) is 25.1. The van der Waals surface area contributed by atoms with Gasteiger partial charge in [-0.05, 0) is 84.5 Å². The predicted molar refractivity (Wildman–Crippen MR) is 163 cm³/mol. The maximum atomic E-state index is 13.0. The molecule has 1 saturated heterocycles. The quantitative estimate of drug-likeness (QED) is 0.294. The number of likely N-dealkylation sites (N-methyl/N-ethyl adjacent to an activating group) is 1. The van der Waals surface area contributed by atoms with E-state index in [0.717, 1.165) is 41.0 Å². The van der Waals surface area contributed by atoms with Gasteiger partial charge in [0.25, 0.3) is 0 Å². The lowest BCUT2D eigenvalue weighted by Crippen LogP contribution is -2.66. The molecule has 0 aromatic heterocycles. The Morgan fingerprint density at radius 3 is 2.50 bits per heavy atom. The number of carbonyl (C=O) groups excluding carboxylic acids is 1. The summed E-state index contributed by atoms with van der Waals surface area (Å²) >= 11 is 0. The van der Waals surface area contributed by atoms with E-state index in [-0.39, 0.29) is 37.6 Å². The van der Waals surface area contributed by atoms with Gasteiger partial charge in [0.1, 0.15) is 12.6 Å². The van der Waals surface area contributed by atoms with E-state index in [0.29, 0.717) is 17.9 Å². The third-order valence-electron chi connectivity index (χ3n) is 9.58. The molecule has 44 heavy (non-hydrogen) atoms. The summed E-state index contributed by atoms with van der Waals surface area (Å²) in [4.78, 5) is 17.7. The summed E-state index contributed by atoms with van der Waals surface area (Å²) in [6, 6.07) is 19.6. The van der Waals surface area contributed by atoms with Crippen LogP contribution in [0.3, 0.4) is 0 Å². The molecule has 4 heterocycles. The highest BCUT2D eigenvalue weighted by Crippen LogP contribution is 2.51. The zero-order valence-corrected chi connectivity index (χ0v) is 25.1. The van der Waals surface area contributed by atoms with E-state index in [4.69, 9.17) is 23.7 Å². The van der Waals surface area contributed by atoms with Crippen LogP contribution < -0.4 is 18.9 Å². The first kappa shape index (κ1) is 28.3. The molecule has 0 amide bonds. The number of fused-ring (bicyclic) bond motifs is 8. The van der Waals surface area contributed by atoms with Crippen molar-refractivity contribution in [3.63, 3.8) is 0 Å². The Bertz CT molecular complexity index is 1650. The second-order valence-corrected chi connectivity index (χ2v) is 11.7. The third-order valence-corrected chi connectivity index (χ3v) is 9.58. The topological polar surface area (TPSA) is 93.5 Å². The summed E-state index contributed by atoms with van der Waals surface area (Å²) in [6.45, 7) is 0.306. The van der Waals surface area contributed by atoms with Crippen LogP contribution in [0.15, 0.2) is 60.7 Å². The maximum Gasteiger partial charge on any atom is 0.330 e. The highest BCUT2D eigenvalue weighted by atomic mass is 16.7. The number of ether oxygens (including phenoxy) is 5. The van der Waals surface area contributed by atoms with Gasteiger partial charge >= 0.3 is 5.97 Å². The van der Waals surface area contributed by atoms with E-state index >= 15 is 0 Å². The van der Waals surface area contributed by atoms with E-state index < -0.39 is 12.0 Å². The largest absolute Gasteiger partial charge is 0.493 e. The summed E-state index contributed by atoms with van der Waals surface area (Å²) in [7, 11) is 5.37. The standard InChI is InChI=1S/C35H35N3O6/c1-37-26-11-10-22-14-32-33(44-20-43-32)17-25(22)35(37)27-13-23-15-30(40-2)31(41-3)16-24(23)29(38(27)28(26)18-36)19-42-34(39)12-9-21-7-5-4-6-8-21/h4-9,12,14-17,26-29,35H,10-11,13,19-20H2,1-3H3. The molecule has 1 fully saturated rings. The second-order valence-electron chi connectivity index (χ2n) is 11.7. The Hall–Kier alpha value is -4.52. The average Bonchev–Trinajstić information content (AvgIpc) is 3.48. The molecular weight excluding hydrogens is 558 g/mol. The molecule has 0 N–H and O–H groups in total. The van der Waals surface area contributed by atoms with E-state index in [9.17, 15) is 10.1 Å². The fraction of sp³-hybridized carbons (Fsp3) is 0.371. The first-order valence-corrected chi connectivity index (χ1v) is 15.0. The highest BCUT2D eigenvalue weighted by Gasteiger charge is 2.53. The number of esters is 1. The lowest BCUT2D eigenvalue weighted by molar-refractivity contribution is -0.142. The summed E-state index contributed by atoms with van der Waals surface area (Å²) < 4.78 is 28.9. The van der Waals surface area contributed by atoms with E-state index in [2.05, 4.69) is 35.0 Å². The van der Waals surface area contributed by atoms with Crippen molar-refractivity contribution >= 4 is 12.0 Å². The van der Waals surface area contributed by atoms with Crippen LogP contribution in [0.1, 0.15) is 46.3 Å². The number of rotatable bonds is 6. The fourth-order valence-corrected chi connectivity index (χ4v) is 7.57. The third kappa shape index (κ3) is 4.75. The number of benzene rings is 3. The summed E-state index contributed by atoms with van der Waals surface area (Å²) in [5.41, 5.74) is 5.39. The fourth-order valence-electron chi connectivity index (χ4n) is 7.57. The number of carbonyl (C=O) groups is 1. The van der Waals surface area contributed by atoms with Crippen LogP contribution in [-0.4, -0.2) is 68.6 Å². The van der Waals surface area contributed by atoms with Gasteiger partial charge in [0.15, 0.2) is 23.0 Å². The Morgan fingerprint density at radius 1 is 1.00 bits per heavy atom. The molecule has 5 unspecified atom stereocenters. The second kappa shape index (κ2) is 11.5. The first-order chi connectivity index (χ1) is 21.5. The predicted octanol–water partition coefficient (Wildman–Crippen LogP) is 4.85. The zero-order chi connectivity index (χ0) is 30.4. The van der Waals surface area contributed by atoms with E-state index in [1.807, 2.05) is 42.5 Å². The van der Waals surface area contributed by atoms with Gasteiger partial charge in [-0.15, -0.1) is 0 Å². The Kier molecular flexibility index (Phi) is 7.40. The van der Waals surface area contributed by atoms with Gasteiger partial charge in [-0.25, -0.2) is 4.79 Å². The van der Waals surface area contributed by atoms with Crippen LogP contribution >= 0.6 is 0 Å². The number of nitriles is 1. The Balaban J connectivity index is 1.31. The minimum atomic E-state index is -0.434. The smallest absolute Gasteiger partial charge is 0.330 e. The molecule has 9 nitrogen and oxygen atoms in total. The lowest BCUT2D eigenvalue weighted by Gasteiger charge is -2.57. The number of hydrogen-bond acceptors (Lipinski definition) is 9. The molecule has 4 aliphatic heterocycles. The van der Waals surface area contributed by atoms with Crippen molar-refractivity contribution in [3.05, 3.63) is 88.5 Å². The number of hydrogen-bond donors (Lipinski definition) is 0. The van der Waals surface area contributed by atoms with Gasteiger partial charge in [-0.3, -0.25) is 9.80 Å². The van der Waals surface area contributed by atoms with Gasteiger partial charge in [0, 0.05) is 18.2 Å². The first-order valence-electron chi connectivity index (χ1n) is 15.0. The van der Waals surface area contributed by atoms with Gasteiger partial charge in [0.2, 0.25) is 6.79 Å². The average molecular weight is 594 g/mol. The molecule has 0 saturated carbocycles. The summed E-state index contributed by atoms with van der Waals surface area (Å²) in [5, 5.41) is 10.7. The molecule has 9 heteroatoms. The summed E-state index contributed by atoms with van der Waals surface area (Å²) in [6.07, 6.45) is 5.52. The molecule has 4 aliphatic rings. The van der Waals surface area contributed by atoms with Crippen molar-refractivity contribution in [1.82, 2.24) is 9.80 Å². The highest BCUT2D eigenvalue weighted by molar-refractivity contribution is 5.87. The van der Waals surface area contributed by atoms with Crippen molar-refractivity contribution in [2.75, 3.05) is 34.7 Å². The molecule has 2 bridgehead atoms. The van der Waals surface area contributed by atoms with Crippen LogP contribution in [0.4, 0.5) is 0 Å². The number of piperazine rings is 1. The summed E-state index contributed by atoms with van der Waals surface area (Å²) in [5.74, 6) is 2.34. The molecule has 3 aromatic rings. The maximum absolute atomic E-state index is 13.0.